The van der Waals surface area contributed by atoms with Crippen LogP contribution in [-0.2, 0) is 0 Å². The number of hydrogen-bond donors (Lipinski definition) is 1. The van der Waals surface area contributed by atoms with Gasteiger partial charge in [-0.05, 0) is 46.2 Å². The summed E-state index contributed by atoms with van der Waals surface area (Å²) in [6.45, 7) is 0. The highest BCUT2D eigenvalue weighted by molar-refractivity contribution is 7.17. The fourth-order valence-corrected chi connectivity index (χ4v) is 4.39. The van der Waals surface area contributed by atoms with Gasteiger partial charge in [0.15, 0.2) is 11.5 Å². The molecule has 0 atom stereocenters. The quantitative estimate of drug-likeness (QED) is 0.521. The van der Waals surface area contributed by atoms with Crippen LogP contribution in [0.5, 0.6) is 11.5 Å². The lowest BCUT2D eigenvalue weighted by molar-refractivity contribution is 0.355. The van der Waals surface area contributed by atoms with Gasteiger partial charge in [-0.15, -0.1) is 11.3 Å². The summed E-state index contributed by atoms with van der Waals surface area (Å²) in [5.41, 5.74) is 2.64. The summed E-state index contributed by atoms with van der Waals surface area (Å²) in [5.74, 6) is 1.81. The highest BCUT2D eigenvalue weighted by atomic mass is 32.1. The van der Waals surface area contributed by atoms with E-state index in [0.717, 1.165) is 16.7 Å². The Hall–Kier alpha value is -2.90. The Balaban J connectivity index is 1.77. The molecule has 4 rings (SSSR count). The molecule has 0 saturated carbocycles. The molecule has 0 saturated heterocycles. The van der Waals surface area contributed by atoms with Crippen molar-refractivity contribution in [1.29, 1.82) is 0 Å². The molecular formula is C20H16N2O3S2. The van der Waals surface area contributed by atoms with Gasteiger partial charge in [0.1, 0.15) is 10.7 Å². The van der Waals surface area contributed by atoms with Crippen molar-refractivity contribution in [2.24, 2.45) is 0 Å². The summed E-state index contributed by atoms with van der Waals surface area (Å²) in [6.07, 6.45) is 3.75. The second-order valence-electron chi connectivity index (χ2n) is 5.74. The molecule has 136 valence electrons. The third-order valence-electron chi connectivity index (χ3n) is 4.13. The van der Waals surface area contributed by atoms with Crippen molar-refractivity contribution in [2.45, 2.75) is 0 Å². The summed E-state index contributed by atoms with van der Waals surface area (Å²) < 4.78 is 10.7. The van der Waals surface area contributed by atoms with Crippen molar-refractivity contribution in [3.63, 3.8) is 0 Å². The second-order valence-corrected chi connectivity index (χ2v) is 7.38. The molecule has 3 heterocycles. The normalized spacial score (nSPS) is 11.3. The van der Waals surface area contributed by atoms with Crippen LogP contribution in [0.3, 0.4) is 0 Å². The van der Waals surface area contributed by atoms with Gasteiger partial charge >= 0.3 is 0 Å². The Morgan fingerprint density at radius 2 is 1.93 bits per heavy atom. The number of nitrogens with one attached hydrogen (secondary N) is 1. The molecule has 7 heteroatoms. The van der Waals surface area contributed by atoms with Gasteiger partial charge in [0.25, 0.3) is 5.56 Å². The van der Waals surface area contributed by atoms with E-state index in [-0.39, 0.29) is 5.56 Å². The molecule has 1 N–H and O–H groups in total. The van der Waals surface area contributed by atoms with Gasteiger partial charge in [-0.3, -0.25) is 4.79 Å². The smallest absolute Gasteiger partial charge is 0.260 e. The number of rotatable bonds is 5. The first-order valence-corrected chi connectivity index (χ1v) is 9.96. The van der Waals surface area contributed by atoms with Crippen molar-refractivity contribution in [3.05, 3.63) is 62.1 Å². The number of benzene rings is 1. The zero-order chi connectivity index (χ0) is 18.8. The van der Waals surface area contributed by atoms with E-state index < -0.39 is 0 Å². The number of methoxy groups -OCH3 is 2. The average molecular weight is 396 g/mol. The lowest BCUT2D eigenvalue weighted by Gasteiger charge is -2.09. The third kappa shape index (κ3) is 3.39. The Bertz CT molecular complexity index is 1170. The van der Waals surface area contributed by atoms with Crippen LogP contribution in [0.15, 0.2) is 45.2 Å². The maximum atomic E-state index is 12.7. The molecule has 0 aliphatic carbocycles. The zero-order valence-corrected chi connectivity index (χ0v) is 16.3. The molecule has 5 nitrogen and oxygen atoms in total. The molecule has 0 bridgehead atoms. The number of thiophene rings is 2. The zero-order valence-electron chi connectivity index (χ0n) is 14.7. The maximum Gasteiger partial charge on any atom is 0.260 e. The summed E-state index contributed by atoms with van der Waals surface area (Å²) in [7, 11) is 3.19. The third-order valence-corrected chi connectivity index (χ3v) is 5.71. The molecule has 0 aliphatic rings. The predicted molar refractivity (Wildman–Crippen MR) is 112 cm³/mol. The molecule has 0 aliphatic heterocycles. The van der Waals surface area contributed by atoms with Crippen molar-refractivity contribution in [3.8, 4) is 22.6 Å². The van der Waals surface area contributed by atoms with Gasteiger partial charge in [0.2, 0.25) is 0 Å². The van der Waals surface area contributed by atoms with E-state index in [0.29, 0.717) is 27.5 Å². The molecule has 0 unspecified atom stereocenters. The fourth-order valence-electron chi connectivity index (χ4n) is 2.81. The van der Waals surface area contributed by atoms with E-state index in [2.05, 4.69) is 9.97 Å². The van der Waals surface area contributed by atoms with Gasteiger partial charge in [0.05, 0.1) is 19.6 Å². The Morgan fingerprint density at radius 3 is 2.67 bits per heavy atom. The highest BCUT2D eigenvalue weighted by Crippen LogP contribution is 2.36. The Kier molecular flexibility index (Phi) is 4.79. The first-order valence-electron chi connectivity index (χ1n) is 8.14. The van der Waals surface area contributed by atoms with E-state index >= 15 is 0 Å². The molecule has 0 radical (unpaired) electrons. The van der Waals surface area contributed by atoms with Gasteiger partial charge in [0, 0.05) is 10.9 Å². The van der Waals surface area contributed by atoms with Crippen LogP contribution in [0.2, 0.25) is 0 Å². The first-order chi connectivity index (χ1) is 13.2. The first kappa shape index (κ1) is 17.5. The minimum Gasteiger partial charge on any atom is -0.493 e. The SMILES string of the molecule is COc1ccc(-c2csc3nc(C=Cc4ccsc4)[nH]c(=O)c23)cc1OC. The second kappa shape index (κ2) is 7.38. The average Bonchev–Trinajstić information content (AvgIpc) is 3.35. The predicted octanol–water partition coefficient (Wildman–Crippen LogP) is 4.90. The number of nitrogens with zero attached hydrogens (tertiary/aromatic N) is 1. The lowest BCUT2D eigenvalue weighted by Crippen LogP contribution is -2.09. The van der Waals surface area contributed by atoms with Gasteiger partial charge in [-0.1, -0.05) is 12.1 Å². The van der Waals surface area contributed by atoms with Gasteiger partial charge in [-0.2, -0.15) is 11.3 Å². The molecule has 3 aromatic heterocycles. The van der Waals surface area contributed by atoms with Gasteiger partial charge in [-0.25, -0.2) is 4.98 Å². The molecule has 0 amide bonds. The number of aromatic nitrogens is 2. The standard InChI is InChI=1S/C20H16N2O3S2/c1-24-15-5-4-13(9-16(15)25-2)14-11-27-20-18(14)19(23)21-17(22-20)6-3-12-7-8-26-10-12/h3-11H,1-2H3,(H,21,22,23). The summed E-state index contributed by atoms with van der Waals surface area (Å²) in [6, 6.07) is 7.62. The lowest BCUT2D eigenvalue weighted by atomic mass is 10.1. The summed E-state index contributed by atoms with van der Waals surface area (Å²) in [5, 5.41) is 6.57. The van der Waals surface area contributed by atoms with E-state index in [1.54, 1.807) is 25.6 Å². The van der Waals surface area contributed by atoms with Crippen molar-refractivity contribution in [2.75, 3.05) is 14.2 Å². The van der Waals surface area contributed by atoms with E-state index in [1.807, 2.05) is 52.6 Å². The summed E-state index contributed by atoms with van der Waals surface area (Å²) in [4.78, 5) is 20.9. The van der Waals surface area contributed by atoms with E-state index in [4.69, 9.17) is 9.47 Å². The monoisotopic (exact) mass is 396 g/mol. The number of fused-ring (bicyclic) bond motifs is 1. The minimum absolute atomic E-state index is 0.156. The molecular weight excluding hydrogens is 380 g/mol. The van der Waals surface area contributed by atoms with E-state index in [9.17, 15) is 4.79 Å². The van der Waals surface area contributed by atoms with Crippen LogP contribution in [0.25, 0.3) is 33.5 Å². The molecule has 0 fully saturated rings. The van der Waals surface area contributed by atoms with Crippen LogP contribution >= 0.6 is 22.7 Å². The van der Waals surface area contributed by atoms with Crippen LogP contribution < -0.4 is 15.0 Å². The largest absolute Gasteiger partial charge is 0.493 e. The van der Waals surface area contributed by atoms with E-state index in [1.165, 1.54) is 11.3 Å². The van der Waals surface area contributed by atoms with Crippen molar-refractivity contribution < 1.29 is 9.47 Å². The van der Waals surface area contributed by atoms with Crippen molar-refractivity contribution in [1.82, 2.24) is 9.97 Å². The Morgan fingerprint density at radius 1 is 1.07 bits per heavy atom. The topological polar surface area (TPSA) is 64.2 Å². The number of H-pyrrole nitrogens is 1. The minimum atomic E-state index is -0.156. The molecule has 4 aromatic rings. The van der Waals surface area contributed by atoms with Crippen LogP contribution in [0.1, 0.15) is 11.4 Å². The number of hydrogen-bond acceptors (Lipinski definition) is 6. The number of aromatic amines is 1. The number of ether oxygens (including phenoxy) is 2. The fraction of sp³-hybridized carbons (Fsp3) is 0.100. The van der Waals surface area contributed by atoms with Gasteiger partial charge < -0.3 is 14.5 Å². The molecule has 0 spiro atoms. The maximum absolute atomic E-state index is 12.7. The van der Waals surface area contributed by atoms with Crippen LogP contribution in [-0.4, -0.2) is 24.2 Å². The van der Waals surface area contributed by atoms with Crippen LogP contribution in [0.4, 0.5) is 0 Å². The Labute approximate surface area is 163 Å². The summed E-state index contributed by atoms with van der Waals surface area (Å²) >= 11 is 3.08. The molecule has 1 aromatic carbocycles. The highest BCUT2D eigenvalue weighted by Gasteiger charge is 2.14. The van der Waals surface area contributed by atoms with Crippen molar-refractivity contribution >= 4 is 45.0 Å². The van der Waals surface area contributed by atoms with Crippen LogP contribution in [0, 0.1) is 0 Å². The molecule has 27 heavy (non-hydrogen) atoms.